The van der Waals surface area contributed by atoms with Gasteiger partial charge in [-0.2, -0.15) is 5.10 Å². The SMILES string of the molecule is Cc1ccc(C(=O)C=Cc2cn(-c3ccccc3)nc2-c2ccc(C)cc2)cc1. The molecule has 0 N–H and O–H groups in total. The molecular weight excluding hydrogens is 356 g/mol. The third-order valence-electron chi connectivity index (χ3n) is 4.84. The topological polar surface area (TPSA) is 34.9 Å². The summed E-state index contributed by atoms with van der Waals surface area (Å²) >= 11 is 0. The van der Waals surface area contributed by atoms with E-state index in [9.17, 15) is 4.79 Å². The number of hydrogen-bond donors (Lipinski definition) is 0. The van der Waals surface area contributed by atoms with Crippen molar-refractivity contribution in [3.63, 3.8) is 0 Å². The minimum absolute atomic E-state index is 0.0210. The van der Waals surface area contributed by atoms with Crippen molar-refractivity contribution in [1.82, 2.24) is 9.78 Å². The normalized spacial score (nSPS) is 11.1. The molecule has 142 valence electrons. The van der Waals surface area contributed by atoms with Crippen LogP contribution in [0.1, 0.15) is 27.0 Å². The van der Waals surface area contributed by atoms with Crippen LogP contribution in [0, 0.1) is 13.8 Å². The molecule has 0 aliphatic rings. The maximum absolute atomic E-state index is 12.6. The second-order valence-corrected chi connectivity index (χ2v) is 7.14. The summed E-state index contributed by atoms with van der Waals surface area (Å²) in [5.41, 5.74) is 6.76. The van der Waals surface area contributed by atoms with Crippen LogP contribution in [-0.4, -0.2) is 15.6 Å². The van der Waals surface area contributed by atoms with Gasteiger partial charge in [0.05, 0.1) is 11.4 Å². The number of ketones is 1. The molecule has 0 radical (unpaired) electrons. The van der Waals surface area contributed by atoms with Gasteiger partial charge in [-0.25, -0.2) is 4.68 Å². The molecule has 0 aliphatic heterocycles. The minimum atomic E-state index is -0.0210. The number of aryl methyl sites for hydroxylation is 2. The number of aromatic nitrogens is 2. The Hall–Kier alpha value is -3.72. The lowest BCUT2D eigenvalue weighted by atomic mass is 10.0. The highest BCUT2D eigenvalue weighted by Crippen LogP contribution is 2.25. The zero-order valence-corrected chi connectivity index (χ0v) is 16.5. The number of benzene rings is 3. The number of rotatable bonds is 5. The maximum Gasteiger partial charge on any atom is 0.185 e. The second-order valence-electron chi connectivity index (χ2n) is 7.14. The Bertz CT molecular complexity index is 1150. The zero-order chi connectivity index (χ0) is 20.2. The molecule has 1 aromatic heterocycles. The van der Waals surface area contributed by atoms with E-state index in [1.54, 1.807) is 6.08 Å². The van der Waals surface area contributed by atoms with E-state index in [2.05, 4.69) is 31.2 Å². The van der Waals surface area contributed by atoms with Crippen molar-refractivity contribution in [2.24, 2.45) is 0 Å². The van der Waals surface area contributed by atoms with Gasteiger partial charge >= 0.3 is 0 Å². The average molecular weight is 378 g/mol. The summed E-state index contributed by atoms with van der Waals surface area (Å²) in [5, 5.41) is 4.80. The van der Waals surface area contributed by atoms with Crippen molar-refractivity contribution in [2.75, 3.05) is 0 Å². The first kappa shape index (κ1) is 18.6. The summed E-state index contributed by atoms with van der Waals surface area (Å²) in [5.74, 6) is -0.0210. The lowest BCUT2D eigenvalue weighted by Crippen LogP contribution is -1.93. The average Bonchev–Trinajstić information content (AvgIpc) is 3.18. The zero-order valence-electron chi connectivity index (χ0n) is 16.5. The van der Waals surface area contributed by atoms with E-state index in [4.69, 9.17) is 5.10 Å². The second kappa shape index (κ2) is 8.11. The van der Waals surface area contributed by atoms with Crippen molar-refractivity contribution in [2.45, 2.75) is 13.8 Å². The van der Waals surface area contributed by atoms with Gasteiger partial charge in [-0.15, -0.1) is 0 Å². The Balaban J connectivity index is 1.72. The summed E-state index contributed by atoms with van der Waals surface area (Å²) in [6.07, 6.45) is 5.43. The molecule has 0 saturated heterocycles. The van der Waals surface area contributed by atoms with Crippen LogP contribution >= 0.6 is 0 Å². The number of carbonyl (C=O) groups excluding carboxylic acids is 1. The smallest absolute Gasteiger partial charge is 0.185 e. The predicted octanol–water partition coefficient (Wildman–Crippen LogP) is 6.05. The van der Waals surface area contributed by atoms with E-state index in [1.165, 1.54) is 5.56 Å². The molecule has 3 aromatic carbocycles. The largest absolute Gasteiger partial charge is 0.289 e. The lowest BCUT2D eigenvalue weighted by molar-refractivity contribution is 0.104. The standard InChI is InChI=1S/C26H22N2O/c1-19-8-12-21(13-9-19)25(29)17-16-23-18-28(24-6-4-3-5-7-24)27-26(23)22-14-10-20(2)11-15-22/h3-18H,1-2H3. The van der Waals surface area contributed by atoms with Gasteiger partial charge in [0.25, 0.3) is 0 Å². The minimum Gasteiger partial charge on any atom is -0.289 e. The summed E-state index contributed by atoms with van der Waals surface area (Å²) in [6, 6.07) is 25.9. The van der Waals surface area contributed by atoms with Crippen LogP contribution in [0.3, 0.4) is 0 Å². The molecule has 0 unspecified atom stereocenters. The van der Waals surface area contributed by atoms with E-state index in [0.29, 0.717) is 5.56 Å². The highest BCUT2D eigenvalue weighted by molar-refractivity contribution is 6.07. The molecule has 29 heavy (non-hydrogen) atoms. The van der Waals surface area contributed by atoms with E-state index >= 15 is 0 Å². The number of carbonyl (C=O) groups is 1. The van der Waals surface area contributed by atoms with Gasteiger partial charge in [0.2, 0.25) is 0 Å². The molecule has 0 aliphatic carbocycles. The van der Waals surface area contributed by atoms with Crippen molar-refractivity contribution < 1.29 is 4.79 Å². The molecule has 3 nitrogen and oxygen atoms in total. The van der Waals surface area contributed by atoms with Crippen molar-refractivity contribution in [1.29, 1.82) is 0 Å². The summed E-state index contributed by atoms with van der Waals surface area (Å²) < 4.78 is 1.85. The Morgan fingerprint density at radius 1 is 0.828 bits per heavy atom. The Morgan fingerprint density at radius 2 is 1.45 bits per heavy atom. The first-order valence-corrected chi connectivity index (χ1v) is 9.61. The van der Waals surface area contributed by atoms with Gasteiger partial charge in [-0.05, 0) is 38.1 Å². The third kappa shape index (κ3) is 4.25. The van der Waals surface area contributed by atoms with Gasteiger partial charge in [0.15, 0.2) is 5.78 Å². The molecule has 1 heterocycles. The van der Waals surface area contributed by atoms with E-state index in [-0.39, 0.29) is 5.78 Å². The molecule has 0 spiro atoms. The lowest BCUT2D eigenvalue weighted by Gasteiger charge is -2.01. The Kier molecular flexibility index (Phi) is 5.21. The first-order valence-electron chi connectivity index (χ1n) is 9.61. The molecule has 0 bridgehead atoms. The maximum atomic E-state index is 12.6. The van der Waals surface area contributed by atoms with Crippen LogP contribution in [0.25, 0.3) is 23.0 Å². The van der Waals surface area contributed by atoms with Gasteiger partial charge in [-0.3, -0.25) is 4.79 Å². The summed E-state index contributed by atoms with van der Waals surface area (Å²) in [4.78, 5) is 12.6. The van der Waals surface area contributed by atoms with Crippen molar-refractivity contribution in [3.8, 4) is 16.9 Å². The van der Waals surface area contributed by atoms with E-state index < -0.39 is 0 Å². The highest BCUT2D eigenvalue weighted by Gasteiger charge is 2.11. The van der Waals surface area contributed by atoms with E-state index in [1.807, 2.05) is 78.5 Å². The van der Waals surface area contributed by atoms with Crippen LogP contribution in [0.15, 0.2) is 91.1 Å². The first-order chi connectivity index (χ1) is 14.1. The number of hydrogen-bond acceptors (Lipinski definition) is 2. The molecule has 4 rings (SSSR count). The fourth-order valence-corrected chi connectivity index (χ4v) is 3.14. The molecule has 0 amide bonds. The predicted molar refractivity (Wildman–Crippen MR) is 118 cm³/mol. The molecule has 3 heteroatoms. The number of nitrogens with zero attached hydrogens (tertiary/aromatic N) is 2. The van der Waals surface area contributed by atoms with Gasteiger partial charge in [-0.1, -0.05) is 77.9 Å². The van der Waals surface area contributed by atoms with Crippen LogP contribution in [0.2, 0.25) is 0 Å². The fourth-order valence-electron chi connectivity index (χ4n) is 3.14. The Labute approximate surface area is 171 Å². The van der Waals surface area contributed by atoms with Crippen LogP contribution in [-0.2, 0) is 0 Å². The van der Waals surface area contributed by atoms with Gasteiger partial charge in [0, 0.05) is 22.9 Å². The van der Waals surface area contributed by atoms with Gasteiger partial charge < -0.3 is 0 Å². The van der Waals surface area contributed by atoms with Crippen LogP contribution in [0.4, 0.5) is 0 Å². The quantitative estimate of drug-likeness (QED) is 0.313. The molecule has 0 saturated carbocycles. The highest BCUT2D eigenvalue weighted by atomic mass is 16.1. The number of allylic oxidation sites excluding steroid dienone is 1. The number of para-hydroxylation sites is 1. The van der Waals surface area contributed by atoms with Crippen LogP contribution in [0.5, 0.6) is 0 Å². The van der Waals surface area contributed by atoms with Crippen molar-refractivity contribution in [3.05, 3.63) is 113 Å². The van der Waals surface area contributed by atoms with E-state index in [0.717, 1.165) is 28.1 Å². The monoisotopic (exact) mass is 378 g/mol. The van der Waals surface area contributed by atoms with Gasteiger partial charge in [0.1, 0.15) is 0 Å². The fraction of sp³-hybridized carbons (Fsp3) is 0.0769. The molecule has 4 aromatic rings. The molecular formula is C26H22N2O. The molecule has 0 atom stereocenters. The Morgan fingerprint density at radius 3 is 2.10 bits per heavy atom. The van der Waals surface area contributed by atoms with Crippen molar-refractivity contribution >= 4 is 11.9 Å². The molecule has 0 fully saturated rings. The van der Waals surface area contributed by atoms with Crippen LogP contribution < -0.4 is 0 Å². The summed E-state index contributed by atoms with van der Waals surface area (Å²) in [7, 11) is 0. The third-order valence-corrected chi connectivity index (χ3v) is 4.84. The summed E-state index contributed by atoms with van der Waals surface area (Å²) in [6.45, 7) is 4.07.